The van der Waals surface area contributed by atoms with Gasteiger partial charge in [-0.3, -0.25) is 9.59 Å². The fraction of sp³-hybridized carbons (Fsp3) is 0.625. The molecule has 1 heterocycles. The monoisotopic (exact) mass is 295 g/mol. The highest BCUT2D eigenvalue weighted by Gasteiger charge is 2.18. The molecule has 5 nitrogen and oxygen atoms in total. The summed E-state index contributed by atoms with van der Waals surface area (Å²) in [5.41, 5.74) is 1.49. The number of hydrogen-bond acceptors (Lipinski definition) is 3. The van der Waals surface area contributed by atoms with Crippen molar-refractivity contribution in [2.45, 2.75) is 53.4 Å². The van der Waals surface area contributed by atoms with Crippen LogP contribution in [-0.2, 0) is 4.79 Å². The van der Waals surface area contributed by atoms with Crippen molar-refractivity contribution in [2.75, 3.05) is 6.54 Å². The molecular formula is C16H25NO4. The first kappa shape index (κ1) is 17.3. The number of furan rings is 1. The van der Waals surface area contributed by atoms with E-state index in [0.29, 0.717) is 30.2 Å². The van der Waals surface area contributed by atoms with Crippen molar-refractivity contribution in [1.29, 1.82) is 0 Å². The molecule has 0 saturated heterocycles. The molecule has 0 radical (unpaired) electrons. The average Bonchev–Trinajstić information content (AvgIpc) is 2.66. The first-order valence-corrected chi connectivity index (χ1v) is 7.43. The SMILES string of the molecule is CCC(CCNC(=O)c1c(C)oc(C)c1C)CCC(=O)O. The van der Waals surface area contributed by atoms with Crippen LogP contribution in [0.4, 0.5) is 0 Å². The summed E-state index contributed by atoms with van der Waals surface area (Å²) in [4.78, 5) is 22.8. The summed E-state index contributed by atoms with van der Waals surface area (Å²) < 4.78 is 5.45. The molecule has 2 N–H and O–H groups in total. The van der Waals surface area contributed by atoms with Crippen LogP contribution in [0.2, 0.25) is 0 Å². The Hall–Kier alpha value is -1.78. The lowest BCUT2D eigenvalue weighted by atomic mass is 9.96. The summed E-state index contributed by atoms with van der Waals surface area (Å²) in [6, 6.07) is 0. The first-order chi connectivity index (χ1) is 9.86. The van der Waals surface area contributed by atoms with Gasteiger partial charge in [-0.05, 0) is 39.5 Å². The predicted molar refractivity (Wildman–Crippen MR) is 80.5 cm³/mol. The van der Waals surface area contributed by atoms with Crippen LogP contribution in [0.25, 0.3) is 0 Å². The molecule has 0 aliphatic heterocycles. The summed E-state index contributed by atoms with van der Waals surface area (Å²) >= 11 is 0. The molecule has 1 atom stereocenters. The lowest BCUT2D eigenvalue weighted by Crippen LogP contribution is -2.26. The van der Waals surface area contributed by atoms with Crippen LogP contribution in [0.1, 0.15) is 60.0 Å². The number of carboxylic acids is 1. The second kappa shape index (κ2) is 7.86. The van der Waals surface area contributed by atoms with Crippen LogP contribution >= 0.6 is 0 Å². The van der Waals surface area contributed by atoms with Crippen molar-refractivity contribution in [3.05, 3.63) is 22.6 Å². The van der Waals surface area contributed by atoms with E-state index in [-0.39, 0.29) is 12.3 Å². The van der Waals surface area contributed by atoms with Crippen LogP contribution in [0.3, 0.4) is 0 Å². The smallest absolute Gasteiger partial charge is 0.303 e. The first-order valence-electron chi connectivity index (χ1n) is 7.43. The zero-order valence-corrected chi connectivity index (χ0v) is 13.3. The second-order valence-corrected chi connectivity index (χ2v) is 5.47. The number of aliphatic carboxylic acids is 1. The predicted octanol–water partition coefficient (Wildman–Crippen LogP) is 3.22. The minimum absolute atomic E-state index is 0.116. The van der Waals surface area contributed by atoms with Crippen LogP contribution in [-0.4, -0.2) is 23.5 Å². The molecule has 118 valence electrons. The van der Waals surface area contributed by atoms with Crippen molar-refractivity contribution in [1.82, 2.24) is 5.32 Å². The standard InChI is InChI=1S/C16H25NO4/c1-5-13(6-7-14(18)19)8-9-17-16(20)15-10(2)11(3)21-12(15)4/h13H,5-9H2,1-4H3,(H,17,20)(H,18,19). The number of carbonyl (C=O) groups excluding carboxylic acids is 1. The summed E-state index contributed by atoms with van der Waals surface area (Å²) in [5.74, 6) is 0.855. The highest BCUT2D eigenvalue weighted by molar-refractivity contribution is 5.96. The van der Waals surface area contributed by atoms with Gasteiger partial charge >= 0.3 is 5.97 Å². The Morgan fingerprint density at radius 3 is 2.33 bits per heavy atom. The fourth-order valence-electron chi connectivity index (χ4n) is 2.49. The van der Waals surface area contributed by atoms with Crippen molar-refractivity contribution in [3.8, 4) is 0 Å². The summed E-state index contributed by atoms with van der Waals surface area (Å²) in [6.45, 7) is 8.11. The lowest BCUT2D eigenvalue weighted by Gasteiger charge is -2.14. The number of aryl methyl sites for hydroxylation is 2. The van der Waals surface area contributed by atoms with Gasteiger partial charge in [0.2, 0.25) is 0 Å². The molecule has 1 amide bonds. The van der Waals surface area contributed by atoms with Crippen molar-refractivity contribution in [3.63, 3.8) is 0 Å². The maximum atomic E-state index is 12.2. The lowest BCUT2D eigenvalue weighted by molar-refractivity contribution is -0.137. The Bertz CT molecular complexity index is 505. The Kier molecular flexibility index (Phi) is 6.46. The van der Waals surface area contributed by atoms with E-state index in [4.69, 9.17) is 9.52 Å². The van der Waals surface area contributed by atoms with Gasteiger partial charge in [0, 0.05) is 18.5 Å². The largest absolute Gasteiger partial charge is 0.481 e. The Morgan fingerprint density at radius 2 is 1.86 bits per heavy atom. The zero-order chi connectivity index (χ0) is 16.0. The van der Waals surface area contributed by atoms with Gasteiger partial charge in [-0.25, -0.2) is 0 Å². The number of nitrogens with one attached hydrogen (secondary N) is 1. The topological polar surface area (TPSA) is 79.5 Å². The van der Waals surface area contributed by atoms with Gasteiger partial charge in [0.1, 0.15) is 11.5 Å². The quantitative estimate of drug-likeness (QED) is 0.771. The summed E-state index contributed by atoms with van der Waals surface area (Å²) in [6.07, 6.45) is 2.56. The minimum Gasteiger partial charge on any atom is -0.481 e. The Labute approximate surface area is 125 Å². The summed E-state index contributed by atoms with van der Waals surface area (Å²) in [7, 11) is 0. The van der Waals surface area contributed by atoms with E-state index in [2.05, 4.69) is 5.32 Å². The molecule has 21 heavy (non-hydrogen) atoms. The summed E-state index contributed by atoms with van der Waals surface area (Å²) in [5, 5.41) is 11.6. The van der Waals surface area contributed by atoms with Crippen LogP contribution < -0.4 is 5.32 Å². The number of hydrogen-bond donors (Lipinski definition) is 2. The van der Waals surface area contributed by atoms with Gasteiger partial charge in [0.25, 0.3) is 5.91 Å². The maximum Gasteiger partial charge on any atom is 0.303 e. The molecule has 1 aromatic rings. The molecule has 0 bridgehead atoms. The highest BCUT2D eigenvalue weighted by atomic mass is 16.4. The third-order valence-electron chi connectivity index (χ3n) is 3.97. The maximum absolute atomic E-state index is 12.2. The average molecular weight is 295 g/mol. The second-order valence-electron chi connectivity index (χ2n) is 5.47. The van der Waals surface area contributed by atoms with E-state index in [9.17, 15) is 9.59 Å². The third-order valence-corrected chi connectivity index (χ3v) is 3.97. The van der Waals surface area contributed by atoms with Gasteiger partial charge in [-0.1, -0.05) is 13.3 Å². The van der Waals surface area contributed by atoms with E-state index in [1.165, 1.54) is 0 Å². The molecule has 0 saturated carbocycles. The fourth-order valence-corrected chi connectivity index (χ4v) is 2.49. The zero-order valence-electron chi connectivity index (χ0n) is 13.3. The number of amides is 1. The molecule has 0 aliphatic carbocycles. The van der Waals surface area contributed by atoms with Gasteiger partial charge in [-0.2, -0.15) is 0 Å². The number of carbonyl (C=O) groups is 2. The molecule has 0 fully saturated rings. The molecule has 5 heteroatoms. The molecule has 0 aromatic carbocycles. The number of carboxylic acid groups (broad SMARTS) is 1. The van der Waals surface area contributed by atoms with E-state index >= 15 is 0 Å². The van der Waals surface area contributed by atoms with E-state index in [1.807, 2.05) is 20.8 Å². The highest BCUT2D eigenvalue weighted by Crippen LogP contribution is 2.20. The normalized spacial score (nSPS) is 12.2. The molecular weight excluding hydrogens is 270 g/mol. The molecule has 1 unspecified atom stereocenters. The van der Waals surface area contributed by atoms with Gasteiger partial charge in [-0.15, -0.1) is 0 Å². The number of rotatable bonds is 8. The van der Waals surface area contributed by atoms with Crippen molar-refractivity contribution >= 4 is 11.9 Å². The third kappa shape index (κ3) is 4.92. The van der Waals surface area contributed by atoms with Crippen LogP contribution in [0, 0.1) is 26.7 Å². The van der Waals surface area contributed by atoms with Crippen molar-refractivity contribution < 1.29 is 19.1 Å². The molecule has 1 aromatic heterocycles. The van der Waals surface area contributed by atoms with E-state index in [1.54, 1.807) is 6.92 Å². The van der Waals surface area contributed by atoms with Crippen LogP contribution in [0.5, 0.6) is 0 Å². The Balaban J connectivity index is 2.47. The molecule has 0 spiro atoms. The Morgan fingerprint density at radius 1 is 1.19 bits per heavy atom. The van der Waals surface area contributed by atoms with Gasteiger partial charge < -0.3 is 14.8 Å². The minimum atomic E-state index is -0.766. The van der Waals surface area contributed by atoms with Gasteiger partial charge in [0.05, 0.1) is 5.56 Å². The van der Waals surface area contributed by atoms with Crippen LogP contribution in [0.15, 0.2) is 4.42 Å². The van der Waals surface area contributed by atoms with E-state index < -0.39 is 5.97 Å². The van der Waals surface area contributed by atoms with E-state index in [0.717, 1.165) is 24.2 Å². The van der Waals surface area contributed by atoms with Gasteiger partial charge in [0.15, 0.2) is 0 Å². The molecule has 1 rings (SSSR count). The van der Waals surface area contributed by atoms with Crippen molar-refractivity contribution in [2.24, 2.45) is 5.92 Å². The molecule has 0 aliphatic rings.